The lowest BCUT2D eigenvalue weighted by atomic mass is 9.96. The van der Waals surface area contributed by atoms with Gasteiger partial charge in [-0.25, -0.2) is 9.88 Å². The molecule has 0 aliphatic carbocycles. The number of aliphatic hydroxyl groups is 2. The first-order chi connectivity index (χ1) is 17.8. The molecule has 2 aliphatic rings. The summed E-state index contributed by atoms with van der Waals surface area (Å²) < 4.78 is 28.2. The molecule has 6 atom stereocenters. The summed E-state index contributed by atoms with van der Waals surface area (Å²) in [7, 11) is 0. The van der Waals surface area contributed by atoms with E-state index in [1.807, 2.05) is 0 Å². The van der Waals surface area contributed by atoms with Gasteiger partial charge in [-0.1, -0.05) is 23.7 Å². The Bertz CT molecular complexity index is 1080. The number of amides is 2. The molecule has 0 radical (unpaired) electrons. The van der Waals surface area contributed by atoms with E-state index in [1.165, 1.54) is 13.1 Å². The number of halogens is 1. The highest BCUT2D eigenvalue weighted by atomic mass is 35.5. The molecule has 0 bridgehead atoms. The zero-order chi connectivity index (χ0) is 28.1. The highest BCUT2D eigenvalue weighted by molar-refractivity contribution is 8.09. The molecule has 2 aliphatic heterocycles. The number of carbonyl (C=O) groups is 2. The van der Waals surface area contributed by atoms with Crippen molar-refractivity contribution in [1.82, 2.24) is 15.3 Å². The fourth-order valence-electron chi connectivity index (χ4n) is 3.65. The maximum absolute atomic E-state index is 12.6. The molecule has 4 N–H and O–H groups in total. The van der Waals surface area contributed by atoms with Crippen LogP contribution in [0, 0.1) is 0 Å². The zero-order valence-corrected chi connectivity index (χ0v) is 23.9. The quantitative estimate of drug-likeness (QED) is 0.234. The number of carbonyl (C=O) groups excluding carboxylic acids is 2. The molecule has 1 fully saturated rings. The molecule has 3 rings (SSSR count). The molecule has 1 aromatic carbocycles. The predicted octanol–water partition coefficient (Wildman–Crippen LogP) is 2.24. The average Bonchev–Trinajstić information content (AvgIpc) is 3.05. The van der Waals surface area contributed by atoms with Crippen molar-refractivity contribution in [2.45, 2.75) is 63.9 Å². The van der Waals surface area contributed by atoms with Crippen LogP contribution in [0.1, 0.15) is 27.7 Å². The SMILES string of the molecule is CC(C)OC(=O)C(C)NP(=S)(OC[C@H]1O[C@@H](N2/C=C\COCNC2=O)[C@](C)(O)[C@@H]1O)Oc1ccccc1Cl. The molecule has 2 heterocycles. The third kappa shape index (κ3) is 7.65. The van der Waals surface area contributed by atoms with Gasteiger partial charge < -0.3 is 38.8 Å². The van der Waals surface area contributed by atoms with Crippen molar-refractivity contribution >= 4 is 42.1 Å². The topological polar surface area (TPSA) is 148 Å². The predicted molar refractivity (Wildman–Crippen MR) is 142 cm³/mol. The molecule has 0 saturated carbocycles. The van der Waals surface area contributed by atoms with Crippen LogP contribution in [-0.2, 0) is 35.3 Å². The van der Waals surface area contributed by atoms with Crippen LogP contribution in [0.15, 0.2) is 36.5 Å². The van der Waals surface area contributed by atoms with Crippen LogP contribution in [-0.4, -0.2) is 83.2 Å². The van der Waals surface area contributed by atoms with E-state index >= 15 is 0 Å². The van der Waals surface area contributed by atoms with Crippen molar-refractivity contribution in [2.75, 3.05) is 19.9 Å². The van der Waals surface area contributed by atoms with Crippen LogP contribution in [0.2, 0.25) is 5.02 Å². The van der Waals surface area contributed by atoms with Crippen LogP contribution >= 0.6 is 18.2 Å². The second-order valence-corrected chi connectivity index (χ2v) is 12.7. The first-order valence-corrected chi connectivity index (χ1v) is 14.9. The van der Waals surface area contributed by atoms with Crippen molar-refractivity contribution in [3.8, 4) is 5.75 Å². The minimum Gasteiger partial charge on any atom is -0.462 e. The summed E-state index contributed by atoms with van der Waals surface area (Å²) in [5.41, 5.74) is -1.87. The number of nitrogens with zero attached hydrogens (tertiary/aromatic N) is 1. The molecular weight excluding hydrogens is 561 g/mol. The molecule has 38 heavy (non-hydrogen) atoms. The number of hydrogen-bond donors (Lipinski definition) is 4. The zero-order valence-electron chi connectivity index (χ0n) is 21.4. The second-order valence-electron chi connectivity index (χ2n) is 9.14. The van der Waals surface area contributed by atoms with Gasteiger partial charge in [-0.3, -0.25) is 9.69 Å². The molecule has 12 nitrogen and oxygen atoms in total. The normalized spacial score (nSPS) is 29.1. The van der Waals surface area contributed by atoms with E-state index in [0.717, 1.165) is 4.90 Å². The largest absolute Gasteiger partial charge is 0.462 e. The van der Waals surface area contributed by atoms with E-state index in [0.29, 0.717) is 0 Å². The van der Waals surface area contributed by atoms with Crippen molar-refractivity contribution in [1.29, 1.82) is 0 Å². The van der Waals surface area contributed by atoms with Crippen molar-refractivity contribution in [3.63, 3.8) is 0 Å². The molecule has 2 amide bonds. The summed E-state index contributed by atoms with van der Waals surface area (Å²) in [4.78, 5) is 26.1. The lowest BCUT2D eigenvalue weighted by molar-refractivity contribution is -0.149. The molecule has 1 saturated heterocycles. The molecule has 212 valence electrons. The first kappa shape index (κ1) is 30.7. The van der Waals surface area contributed by atoms with E-state index in [1.54, 1.807) is 51.1 Å². The second kappa shape index (κ2) is 13.0. The molecule has 2 unspecified atom stereocenters. The number of esters is 1. The number of urea groups is 1. The fourth-order valence-corrected chi connectivity index (χ4v) is 6.30. The van der Waals surface area contributed by atoms with Crippen molar-refractivity contribution in [2.24, 2.45) is 0 Å². The van der Waals surface area contributed by atoms with Crippen LogP contribution in [0.3, 0.4) is 0 Å². The number of ether oxygens (including phenoxy) is 3. The smallest absolute Gasteiger partial charge is 0.325 e. The van der Waals surface area contributed by atoms with Gasteiger partial charge in [-0.05, 0) is 57.7 Å². The summed E-state index contributed by atoms with van der Waals surface area (Å²) >= 11 is 11.9. The van der Waals surface area contributed by atoms with E-state index in [-0.39, 0.29) is 36.8 Å². The van der Waals surface area contributed by atoms with E-state index in [2.05, 4.69) is 10.4 Å². The standard InChI is InChI=1S/C23H33ClN3O9PS/c1-14(2)34-20(29)15(3)26-37(38,36-17-9-6-5-8-16(17)24)33-12-18-19(28)23(4,31)21(35-18)27-10-7-11-32-13-25-22(27)30/h5-10,14-15,18-19,21,28,31H,11-13H2,1-4H3,(H,25,30)(H,26,38)/b10-7-/t15?,18-,19-,21-,23-,37?/m1/s1. The number of nitrogens with one attached hydrogen (secondary N) is 2. The Morgan fingerprint density at radius 3 is 2.79 bits per heavy atom. The van der Waals surface area contributed by atoms with Crippen LogP contribution in [0.4, 0.5) is 4.79 Å². The van der Waals surface area contributed by atoms with Gasteiger partial charge in [-0.2, -0.15) is 0 Å². The number of benzene rings is 1. The average molecular weight is 594 g/mol. The molecule has 0 aromatic heterocycles. The Labute approximate surface area is 231 Å². The highest BCUT2D eigenvalue weighted by Gasteiger charge is 2.55. The highest BCUT2D eigenvalue weighted by Crippen LogP contribution is 2.48. The Morgan fingerprint density at radius 1 is 1.39 bits per heavy atom. The third-order valence-electron chi connectivity index (χ3n) is 5.57. The lowest BCUT2D eigenvalue weighted by Crippen LogP contribution is -2.55. The van der Waals surface area contributed by atoms with Crippen LogP contribution in [0.5, 0.6) is 5.75 Å². The monoisotopic (exact) mass is 593 g/mol. The minimum atomic E-state index is -3.52. The summed E-state index contributed by atoms with van der Waals surface area (Å²) in [5, 5.41) is 27.6. The molecular formula is C23H33ClN3O9PS. The minimum absolute atomic E-state index is 0.0327. The Hall–Kier alpha value is -1.80. The number of para-hydroxylation sites is 1. The maximum atomic E-state index is 12.6. The third-order valence-corrected chi connectivity index (χ3v) is 8.37. The van der Waals surface area contributed by atoms with Crippen LogP contribution < -0.4 is 14.9 Å². The van der Waals surface area contributed by atoms with Crippen molar-refractivity contribution < 1.29 is 43.1 Å². The van der Waals surface area contributed by atoms with Gasteiger partial charge >= 0.3 is 18.6 Å². The van der Waals surface area contributed by atoms with Crippen molar-refractivity contribution in [3.05, 3.63) is 41.6 Å². The first-order valence-electron chi connectivity index (χ1n) is 11.9. The lowest BCUT2D eigenvalue weighted by Gasteiger charge is -2.34. The number of hydrogen-bond acceptors (Lipinski definition) is 10. The van der Waals surface area contributed by atoms with E-state index in [4.69, 9.17) is 46.7 Å². The maximum Gasteiger partial charge on any atom is 0.325 e. The van der Waals surface area contributed by atoms with Gasteiger partial charge in [-0.15, -0.1) is 0 Å². The van der Waals surface area contributed by atoms with Gasteiger partial charge in [0, 0.05) is 6.20 Å². The van der Waals surface area contributed by atoms with Gasteiger partial charge in [0.15, 0.2) is 6.23 Å². The number of aliphatic hydroxyl groups excluding tert-OH is 1. The summed E-state index contributed by atoms with van der Waals surface area (Å²) in [6.45, 7) is 2.65. The van der Waals surface area contributed by atoms with E-state index in [9.17, 15) is 19.8 Å². The van der Waals surface area contributed by atoms with Crippen LogP contribution in [0.25, 0.3) is 0 Å². The Morgan fingerprint density at radius 2 is 2.11 bits per heavy atom. The summed E-state index contributed by atoms with van der Waals surface area (Å²) in [6, 6.07) is 5.09. The summed E-state index contributed by atoms with van der Waals surface area (Å²) in [5.74, 6) is -0.351. The van der Waals surface area contributed by atoms with Gasteiger partial charge in [0.2, 0.25) is 0 Å². The molecule has 1 aromatic rings. The molecule has 15 heteroatoms. The Kier molecular flexibility index (Phi) is 10.5. The molecule has 0 spiro atoms. The van der Waals surface area contributed by atoms with Gasteiger partial charge in [0.05, 0.1) is 24.3 Å². The fraction of sp³-hybridized carbons (Fsp3) is 0.565. The number of rotatable bonds is 10. The van der Waals surface area contributed by atoms with Gasteiger partial charge in [0.25, 0.3) is 0 Å². The Balaban J connectivity index is 1.79. The van der Waals surface area contributed by atoms with E-state index < -0.39 is 48.7 Å². The van der Waals surface area contributed by atoms with Gasteiger partial charge in [0.1, 0.15) is 36.3 Å². The summed E-state index contributed by atoms with van der Waals surface area (Å²) in [6.07, 6.45) is -1.21.